The molecule has 1 aliphatic heterocycles. The van der Waals surface area contributed by atoms with Gasteiger partial charge in [0.25, 0.3) is 0 Å². The van der Waals surface area contributed by atoms with Gasteiger partial charge in [-0.15, -0.1) is 0 Å². The first-order valence-electron chi connectivity index (χ1n) is 10.4. The van der Waals surface area contributed by atoms with E-state index >= 15 is 0 Å². The van der Waals surface area contributed by atoms with Gasteiger partial charge in [0, 0.05) is 19.3 Å². The van der Waals surface area contributed by atoms with E-state index in [0.29, 0.717) is 18.8 Å². The number of hydrogen-bond acceptors (Lipinski definition) is 5. The maximum Gasteiger partial charge on any atom is 0.236 e. The van der Waals surface area contributed by atoms with Crippen molar-refractivity contribution in [2.24, 2.45) is 0 Å². The van der Waals surface area contributed by atoms with Crippen molar-refractivity contribution in [3.8, 4) is 11.5 Å². The number of nitrogens with one attached hydrogen (secondary N) is 1. The summed E-state index contributed by atoms with van der Waals surface area (Å²) in [5.74, 6) is 1.48. The lowest BCUT2D eigenvalue weighted by molar-refractivity contribution is -0.131. The van der Waals surface area contributed by atoms with Crippen molar-refractivity contribution in [2.75, 3.05) is 27.3 Å². The zero-order valence-corrected chi connectivity index (χ0v) is 17.9. The summed E-state index contributed by atoms with van der Waals surface area (Å²) in [6.45, 7) is 1.48. The predicted octanol–water partition coefficient (Wildman–Crippen LogP) is 3.36. The number of carbonyl (C=O) groups is 1. The minimum absolute atomic E-state index is 0.0669. The van der Waals surface area contributed by atoms with Gasteiger partial charge in [-0.1, -0.05) is 36.4 Å². The van der Waals surface area contributed by atoms with E-state index < -0.39 is 0 Å². The average Bonchev–Trinajstić information content (AvgIpc) is 2.84. The Morgan fingerprint density at radius 1 is 1.03 bits per heavy atom. The van der Waals surface area contributed by atoms with E-state index in [1.165, 1.54) is 5.56 Å². The summed E-state index contributed by atoms with van der Waals surface area (Å²) in [6.07, 6.45) is 2.57. The molecule has 0 spiro atoms. The molecule has 1 atom stereocenters. The van der Waals surface area contributed by atoms with Crippen molar-refractivity contribution in [3.63, 3.8) is 0 Å². The Labute approximate surface area is 182 Å². The van der Waals surface area contributed by atoms with Crippen molar-refractivity contribution < 1.29 is 14.3 Å². The Bertz CT molecular complexity index is 985. The Hall–Kier alpha value is -3.38. The predicted molar refractivity (Wildman–Crippen MR) is 119 cm³/mol. The van der Waals surface area contributed by atoms with Crippen LogP contribution < -0.4 is 14.8 Å². The van der Waals surface area contributed by atoms with Gasteiger partial charge in [0.1, 0.15) is 0 Å². The van der Waals surface area contributed by atoms with Crippen molar-refractivity contribution >= 4 is 5.91 Å². The standard InChI is InChI=1S/C25H27N3O3/c1-30-22-14-19-11-13-28(17-20(19)15-23(22)31-2)24(29)16-27-25(18-8-4-3-5-9-18)21-10-6-7-12-26-21/h3-10,12,14-15,25,27H,11,13,16-17H2,1-2H3. The number of nitrogens with zero attached hydrogens (tertiary/aromatic N) is 2. The molecule has 2 heterocycles. The van der Waals surface area contributed by atoms with Gasteiger partial charge >= 0.3 is 0 Å². The molecule has 0 aliphatic carbocycles. The van der Waals surface area contributed by atoms with E-state index in [1.807, 2.05) is 65.6 Å². The number of benzene rings is 2. The number of amides is 1. The van der Waals surface area contributed by atoms with Gasteiger partial charge in [0.05, 0.1) is 32.5 Å². The Kier molecular flexibility index (Phi) is 6.48. The Morgan fingerprint density at radius 3 is 2.42 bits per heavy atom. The lowest BCUT2D eigenvalue weighted by Crippen LogP contribution is -2.42. The average molecular weight is 418 g/mol. The van der Waals surface area contributed by atoms with E-state index in [-0.39, 0.29) is 18.5 Å². The molecule has 3 aromatic rings. The van der Waals surface area contributed by atoms with Gasteiger partial charge in [-0.2, -0.15) is 0 Å². The zero-order chi connectivity index (χ0) is 21.6. The van der Waals surface area contributed by atoms with E-state index in [4.69, 9.17) is 9.47 Å². The van der Waals surface area contributed by atoms with Crippen LogP contribution in [0.1, 0.15) is 28.4 Å². The summed E-state index contributed by atoms with van der Waals surface area (Å²) in [5, 5.41) is 3.42. The molecule has 6 nitrogen and oxygen atoms in total. The van der Waals surface area contributed by atoms with E-state index in [0.717, 1.165) is 29.0 Å². The van der Waals surface area contributed by atoms with Crippen LogP contribution in [0.2, 0.25) is 0 Å². The molecule has 1 amide bonds. The number of methoxy groups -OCH3 is 2. The molecule has 1 aromatic heterocycles. The molecular formula is C25H27N3O3. The summed E-state index contributed by atoms with van der Waals surface area (Å²) in [7, 11) is 3.26. The van der Waals surface area contributed by atoms with Crippen LogP contribution in [-0.2, 0) is 17.8 Å². The van der Waals surface area contributed by atoms with Gasteiger partial charge in [0.2, 0.25) is 5.91 Å². The minimum atomic E-state index is -0.146. The Morgan fingerprint density at radius 2 is 1.74 bits per heavy atom. The van der Waals surface area contributed by atoms with Crippen molar-refractivity contribution in [1.82, 2.24) is 15.2 Å². The first-order chi connectivity index (χ1) is 15.2. The molecule has 0 saturated carbocycles. The fourth-order valence-corrected chi connectivity index (χ4v) is 3.98. The summed E-state index contributed by atoms with van der Waals surface area (Å²) in [5.41, 5.74) is 4.27. The largest absolute Gasteiger partial charge is 0.493 e. The van der Waals surface area contributed by atoms with Gasteiger partial charge in [-0.3, -0.25) is 15.1 Å². The molecule has 2 aromatic carbocycles. The smallest absolute Gasteiger partial charge is 0.236 e. The number of rotatable bonds is 7. The maximum atomic E-state index is 13.0. The van der Waals surface area contributed by atoms with Crippen molar-refractivity contribution in [3.05, 3.63) is 89.2 Å². The highest BCUT2D eigenvalue weighted by Crippen LogP contribution is 2.33. The number of carbonyl (C=O) groups excluding carboxylic acids is 1. The normalized spacial score (nSPS) is 13.9. The van der Waals surface area contributed by atoms with Crippen molar-refractivity contribution in [2.45, 2.75) is 19.0 Å². The minimum Gasteiger partial charge on any atom is -0.493 e. The van der Waals surface area contributed by atoms with Gasteiger partial charge in [0.15, 0.2) is 11.5 Å². The second-order valence-corrected chi connectivity index (χ2v) is 7.52. The Balaban J connectivity index is 1.47. The fourth-order valence-electron chi connectivity index (χ4n) is 3.98. The molecule has 1 N–H and O–H groups in total. The van der Waals surface area contributed by atoms with Crippen LogP contribution in [0, 0.1) is 0 Å². The third-order valence-electron chi connectivity index (χ3n) is 5.64. The summed E-state index contributed by atoms with van der Waals surface area (Å²) in [4.78, 5) is 19.4. The maximum absolute atomic E-state index is 13.0. The van der Waals surface area contributed by atoms with Crippen LogP contribution in [0.4, 0.5) is 0 Å². The molecule has 160 valence electrons. The van der Waals surface area contributed by atoms with Gasteiger partial charge in [-0.05, 0) is 47.4 Å². The highest BCUT2D eigenvalue weighted by Gasteiger charge is 2.24. The van der Waals surface area contributed by atoms with E-state index in [1.54, 1.807) is 20.4 Å². The third-order valence-corrected chi connectivity index (χ3v) is 5.64. The first kappa shape index (κ1) is 20.9. The highest BCUT2D eigenvalue weighted by atomic mass is 16.5. The molecule has 0 fully saturated rings. The first-order valence-corrected chi connectivity index (χ1v) is 10.4. The van der Waals surface area contributed by atoms with Crippen LogP contribution in [0.25, 0.3) is 0 Å². The second kappa shape index (κ2) is 9.62. The van der Waals surface area contributed by atoms with E-state index in [9.17, 15) is 4.79 Å². The number of ether oxygens (including phenoxy) is 2. The lowest BCUT2D eigenvalue weighted by Gasteiger charge is -2.30. The van der Waals surface area contributed by atoms with Gasteiger partial charge in [-0.25, -0.2) is 0 Å². The molecule has 0 saturated heterocycles. The van der Waals surface area contributed by atoms with Crippen LogP contribution >= 0.6 is 0 Å². The molecule has 6 heteroatoms. The van der Waals surface area contributed by atoms with Crippen LogP contribution in [-0.4, -0.2) is 43.1 Å². The number of aromatic nitrogens is 1. The molecule has 1 unspecified atom stereocenters. The molecule has 31 heavy (non-hydrogen) atoms. The number of pyridine rings is 1. The lowest BCUT2D eigenvalue weighted by atomic mass is 9.98. The molecule has 0 bridgehead atoms. The summed E-state index contributed by atoms with van der Waals surface area (Å²) < 4.78 is 10.8. The highest BCUT2D eigenvalue weighted by molar-refractivity contribution is 5.78. The second-order valence-electron chi connectivity index (χ2n) is 7.52. The van der Waals surface area contributed by atoms with E-state index in [2.05, 4.69) is 10.3 Å². The van der Waals surface area contributed by atoms with Gasteiger partial charge < -0.3 is 14.4 Å². The number of hydrogen-bond donors (Lipinski definition) is 1. The quantitative estimate of drug-likeness (QED) is 0.639. The topological polar surface area (TPSA) is 63.7 Å². The van der Waals surface area contributed by atoms with Crippen LogP contribution in [0.3, 0.4) is 0 Å². The zero-order valence-electron chi connectivity index (χ0n) is 17.9. The molecule has 1 aliphatic rings. The van der Waals surface area contributed by atoms with Crippen LogP contribution in [0.5, 0.6) is 11.5 Å². The number of fused-ring (bicyclic) bond motifs is 1. The SMILES string of the molecule is COc1cc2c(cc1OC)CN(C(=O)CNC(c1ccccc1)c1ccccn1)CC2. The third kappa shape index (κ3) is 4.70. The van der Waals surface area contributed by atoms with Crippen LogP contribution in [0.15, 0.2) is 66.9 Å². The summed E-state index contributed by atoms with van der Waals surface area (Å²) >= 11 is 0. The summed E-state index contributed by atoms with van der Waals surface area (Å²) in [6, 6.07) is 19.8. The fraction of sp³-hybridized carbons (Fsp3) is 0.280. The molecule has 4 rings (SSSR count). The molecular weight excluding hydrogens is 390 g/mol. The van der Waals surface area contributed by atoms with Crippen molar-refractivity contribution in [1.29, 1.82) is 0 Å². The monoisotopic (exact) mass is 417 g/mol. The molecule has 0 radical (unpaired) electrons.